The Morgan fingerprint density at radius 2 is 1.70 bits per heavy atom. The van der Waals surface area contributed by atoms with Gasteiger partial charge in [-0.1, -0.05) is 24.3 Å². The number of halogens is 1. The highest BCUT2D eigenvalue weighted by molar-refractivity contribution is 5.82. The van der Waals surface area contributed by atoms with Crippen LogP contribution in [0.1, 0.15) is 11.3 Å². The molecule has 0 aliphatic carbocycles. The largest absolute Gasteiger partial charge is 0.507 e. The van der Waals surface area contributed by atoms with Gasteiger partial charge in [0.1, 0.15) is 11.6 Å². The molecule has 20 heavy (non-hydrogen) atoms. The van der Waals surface area contributed by atoms with Crippen LogP contribution in [-0.4, -0.2) is 10.1 Å². The quantitative estimate of drug-likeness (QED) is 0.695. The maximum Gasteiger partial charge on any atom is 0.124 e. The molecule has 1 N–H and O–H groups in total. The first-order valence-corrected chi connectivity index (χ1v) is 6.25. The first-order chi connectivity index (χ1) is 9.72. The highest BCUT2D eigenvalue weighted by atomic mass is 19.1. The fourth-order valence-electron chi connectivity index (χ4n) is 2.01. The summed E-state index contributed by atoms with van der Waals surface area (Å²) in [5.74, 6) is -0.266. The normalized spacial score (nSPS) is 11.8. The van der Waals surface area contributed by atoms with Gasteiger partial charge < -0.3 is 5.11 Å². The molecule has 2 aromatic carbocycles. The van der Waals surface area contributed by atoms with E-state index in [0.717, 1.165) is 10.9 Å². The molecule has 1 heterocycles. The van der Waals surface area contributed by atoms with Gasteiger partial charge in [0.15, 0.2) is 0 Å². The second-order valence-electron chi connectivity index (χ2n) is 4.47. The van der Waals surface area contributed by atoms with E-state index in [1.807, 2.05) is 36.4 Å². The van der Waals surface area contributed by atoms with Crippen molar-refractivity contribution in [3.63, 3.8) is 0 Å². The maximum absolute atomic E-state index is 12.8. The number of aliphatic hydroxyl groups is 1. The van der Waals surface area contributed by atoms with Crippen LogP contribution in [-0.2, 0) is 0 Å². The summed E-state index contributed by atoms with van der Waals surface area (Å²) in [6.45, 7) is 0. The molecule has 0 saturated carbocycles. The number of pyridine rings is 1. The van der Waals surface area contributed by atoms with E-state index in [2.05, 4.69) is 4.98 Å². The number of nitrogens with zero attached hydrogens (tertiary/aromatic N) is 1. The monoisotopic (exact) mass is 265 g/mol. The average Bonchev–Trinajstić information content (AvgIpc) is 2.48. The number of hydrogen-bond donors (Lipinski definition) is 1. The summed E-state index contributed by atoms with van der Waals surface area (Å²) in [7, 11) is 0. The summed E-state index contributed by atoms with van der Waals surface area (Å²) >= 11 is 0. The van der Waals surface area contributed by atoms with Crippen molar-refractivity contribution in [2.45, 2.75) is 0 Å². The third kappa shape index (κ3) is 2.52. The maximum atomic E-state index is 12.8. The van der Waals surface area contributed by atoms with Crippen molar-refractivity contribution in [3.8, 4) is 0 Å². The Morgan fingerprint density at radius 1 is 0.950 bits per heavy atom. The molecule has 0 aliphatic rings. The number of para-hydroxylation sites is 1. The van der Waals surface area contributed by atoms with Gasteiger partial charge in [-0.05, 0) is 36.4 Å². The zero-order valence-electron chi connectivity index (χ0n) is 10.6. The van der Waals surface area contributed by atoms with Crippen LogP contribution in [0.5, 0.6) is 0 Å². The summed E-state index contributed by atoms with van der Waals surface area (Å²) in [4.78, 5) is 4.45. The van der Waals surface area contributed by atoms with E-state index < -0.39 is 0 Å². The van der Waals surface area contributed by atoms with Crippen LogP contribution in [0.25, 0.3) is 22.7 Å². The van der Waals surface area contributed by atoms with E-state index in [0.29, 0.717) is 11.3 Å². The Bertz CT molecular complexity index is 778. The van der Waals surface area contributed by atoms with Crippen molar-refractivity contribution in [1.29, 1.82) is 0 Å². The Hall–Kier alpha value is -2.68. The molecule has 0 bridgehead atoms. The van der Waals surface area contributed by atoms with Crippen molar-refractivity contribution in [2.24, 2.45) is 0 Å². The van der Waals surface area contributed by atoms with Crippen LogP contribution in [0.4, 0.5) is 4.39 Å². The first kappa shape index (κ1) is 12.4. The van der Waals surface area contributed by atoms with Crippen LogP contribution in [0.15, 0.2) is 60.7 Å². The molecule has 98 valence electrons. The predicted octanol–water partition coefficient (Wildman–Crippen LogP) is 4.43. The van der Waals surface area contributed by atoms with Crippen LogP contribution in [0.3, 0.4) is 0 Å². The second kappa shape index (κ2) is 5.13. The van der Waals surface area contributed by atoms with Gasteiger partial charge in [0.25, 0.3) is 0 Å². The van der Waals surface area contributed by atoms with Crippen molar-refractivity contribution >= 4 is 22.7 Å². The lowest BCUT2D eigenvalue weighted by molar-refractivity contribution is 0.515. The molecule has 0 amide bonds. The number of hydrogen-bond acceptors (Lipinski definition) is 2. The van der Waals surface area contributed by atoms with Gasteiger partial charge in [-0.15, -0.1) is 0 Å². The van der Waals surface area contributed by atoms with Gasteiger partial charge in [0.2, 0.25) is 0 Å². The first-order valence-electron chi connectivity index (χ1n) is 6.25. The third-order valence-electron chi connectivity index (χ3n) is 3.04. The van der Waals surface area contributed by atoms with Crippen LogP contribution in [0.2, 0.25) is 0 Å². The van der Waals surface area contributed by atoms with Gasteiger partial charge >= 0.3 is 0 Å². The lowest BCUT2D eigenvalue weighted by Crippen LogP contribution is -1.87. The number of benzene rings is 2. The SMILES string of the molecule is O/C(=C\c1ccc2ccccc2n1)c1ccc(F)cc1. The number of rotatable bonds is 2. The van der Waals surface area contributed by atoms with Crippen molar-refractivity contribution in [2.75, 3.05) is 0 Å². The van der Waals surface area contributed by atoms with E-state index in [1.165, 1.54) is 24.3 Å². The zero-order chi connectivity index (χ0) is 13.9. The van der Waals surface area contributed by atoms with Crippen molar-refractivity contribution < 1.29 is 9.50 Å². The molecule has 3 rings (SSSR count). The lowest BCUT2D eigenvalue weighted by atomic mass is 10.1. The van der Waals surface area contributed by atoms with Crippen LogP contribution < -0.4 is 0 Å². The predicted molar refractivity (Wildman–Crippen MR) is 78.6 cm³/mol. The van der Waals surface area contributed by atoms with Gasteiger partial charge in [0.05, 0.1) is 11.2 Å². The van der Waals surface area contributed by atoms with E-state index in [-0.39, 0.29) is 11.6 Å². The van der Waals surface area contributed by atoms with Crippen molar-refractivity contribution in [3.05, 3.63) is 77.7 Å². The molecule has 0 fully saturated rings. The fourth-order valence-corrected chi connectivity index (χ4v) is 2.01. The standard InChI is InChI=1S/C17H12FNO/c18-14-8-5-13(6-9-14)17(20)11-15-10-7-12-3-1-2-4-16(12)19-15/h1-11,20H/b17-11-. The minimum absolute atomic E-state index is 0.0628. The molecule has 2 nitrogen and oxygen atoms in total. The van der Waals surface area contributed by atoms with Gasteiger partial charge in [-0.3, -0.25) is 0 Å². The highest BCUT2D eigenvalue weighted by Crippen LogP contribution is 2.17. The molecule has 3 aromatic rings. The highest BCUT2D eigenvalue weighted by Gasteiger charge is 2.01. The molecule has 0 radical (unpaired) electrons. The van der Waals surface area contributed by atoms with Gasteiger partial charge in [-0.2, -0.15) is 0 Å². The Morgan fingerprint density at radius 3 is 2.50 bits per heavy atom. The topological polar surface area (TPSA) is 33.1 Å². The molecule has 0 aliphatic heterocycles. The summed E-state index contributed by atoms with van der Waals surface area (Å²) in [6.07, 6.45) is 1.57. The van der Waals surface area contributed by atoms with Gasteiger partial charge in [0, 0.05) is 17.0 Å². The third-order valence-corrected chi connectivity index (χ3v) is 3.04. The summed E-state index contributed by atoms with van der Waals surface area (Å²) in [5, 5.41) is 11.1. The minimum Gasteiger partial charge on any atom is -0.507 e. The molecule has 0 spiro atoms. The second-order valence-corrected chi connectivity index (χ2v) is 4.47. The minimum atomic E-state index is -0.328. The fraction of sp³-hybridized carbons (Fsp3) is 0. The van der Waals surface area contributed by atoms with E-state index >= 15 is 0 Å². The van der Waals surface area contributed by atoms with E-state index in [9.17, 15) is 9.50 Å². The molecule has 3 heteroatoms. The summed E-state index contributed by atoms with van der Waals surface area (Å²) in [6, 6.07) is 17.2. The summed E-state index contributed by atoms with van der Waals surface area (Å²) < 4.78 is 12.8. The molecule has 0 atom stereocenters. The van der Waals surface area contributed by atoms with Crippen LogP contribution >= 0.6 is 0 Å². The average molecular weight is 265 g/mol. The lowest BCUT2D eigenvalue weighted by Gasteiger charge is -2.02. The number of aliphatic hydroxyl groups excluding tert-OH is 1. The molecule has 0 unspecified atom stereocenters. The smallest absolute Gasteiger partial charge is 0.124 e. The Kier molecular flexibility index (Phi) is 3.17. The molecule has 1 aromatic heterocycles. The Labute approximate surface area is 115 Å². The van der Waals surface area contributed by atoms with E-state index in [4.69, 9.17) is 0 Å². The Balaban J connectivity index is 1.98. The van der Waals surface area contributed by atoms with Gasteiger partial charge in [-0.25, -0.2) is 9.37 Å². The molecular weight excluding hydrogens is 253 g/mol. The molecular formula is C17H12FNO. The summed E-state index contributed by atoms with van der Waals surface area (Å²) in [5.41, 5.74) is 2.08. The number of fused-ring (bicyclic) bond motifs is 1. The molecule has 0 saturated heterocycles. The zero-order valence-corrected chi connectivity index (χ0v) is 10.6. The van der Waals surface area contributed by atoms with Crippen LogP contribution in [0, 0.1) is 5.82 Å². The number of aromatic nitrogens is 1. The van der Waals surface area contributed by atoms with E-state index in [1.54, 1.807) is 6.08 Å². The van der Waals surface area contributed by atoms with Crippen molar-refractivity contribution in [1.82, 2.24) is 4.98 Å².